The van der Waals surface area contributed by atoms with Gasteiger partial charge in [-0.2, -0.15) is 0 Å². The number of hydrogen-bond donors (Lipinski definition) is 1. The molecule has 4 heteroatoms. The van der Waals surface area contributed by atoms with Crippen LogP contribution in [0, 0.1) is 5.92 Å². The van der Waals surface area contributed by atoms with Crippen LogP contribution >= 0.6 is 23.2 Å². The molecule has 1 aliphatic rings. The van der Waals surface area contributed by atoms with E-state index in [9.17, 15) is 0 Å². The summed E-state index contributed by atoms with van der Waals surface area (Å²) in [5.74, 6) is 0.761. The van der Waals surface area contributed by atoms with Crippen LogP contribution in [-0.2, 0) is 6.54 Å². The quantitative estimate of drug-likeness (QED) is 0.889. The van der Waals surface area contributed by atoms with Crippen molar-refractivity contribution in [2.45, 2.75) is 32.9 Å². The number of benzene rings is 1. The zero-order chi connectivity index (χ0) is 13.8. The maximum Gasteiger partial charge on any atom is 0.0424 e. The van der Waals surface area contributed by atoms with Crippen LogP contribution in [0.2, 0.25) is 10.0 Å². The molecule has 1 fully saturated rings. The van der Waals surface area contributed by atoms with Crippen LogP contribution in [0.4, 0.5) is 0 Å². The van der Waals surface area contributed by atoms with Crippen LogP contribution in [-0.4, -0.2) is 30.6 Å². The Kier molecular flexibility index (Phi) is 5.52. The van der Waals surface area contributed by atoms with Gasteiger partial charge in [-0.3, -0.25) is 0 Å². The average molecular weight is 301 g/mol. The predicted octanol–water partition coefficient (Wildman–Crippen LogP) is 3.81. The van der Waals surface area contributed by atoms with E-state index in [1.54, 1.807) is 6.07 Å². The van der Waals surface area contributed by atoms with Gasteiger partial charge >= 0.3 is 0 Å². The highest BCUT2D eigenvalue weighted by Crippen LogP contribution is 2.20. The zero-order valence-corrected chi connectivity index (χ0v) is 13.1. The molecular weight excluding hydrogens is 279 g/mol. The van der Waals surface area contributed by atoms with Crippen molar-refractivity contribution in [3.63, 3.8) is 0 Å². The van der Waals surface area contributed by atoms with E-state index in [0.29, 0.717) is 16.1 Å². The van der Waals surface area contributed by atoms with Crippen LogP contribution in [0.5, 0.6) is 0 Å². The lowest BCUT2D eigenvalue weighted by atomic mass is 10.1. The van der Waals surface area contributed by atoms with Gasteiger partial charge in [0, 0.05) is 29.2 Å². The summed E-state index contributed by atoms with van der Waals surface area (Å²) >= 11 is 12.0. The van der Waals surface area contributed by atoms with E-state index in [4.69, 9.17) is 23.2 Å². The molecule has 1 aromatic carbocycles. The molecule has 1 aromatic rings. The van der Waals surface area contributed by atoms with Crippen molar-refractivity contribution in [1.82, 2.24) is 10.2 Å². The van der Waals surface area contributed by atoms with Crippen molar-refractivity contribution >= 4 is 23.2 Å². The average Bonchev–Trinajstić information content (AvgIpc) is 2.76. The van der Waals surface area contributed by atoms with Crippen molar-refractivity contribution < 1.29 is 0 Å². The molecule has 106 valence electrons. The van der Waals surface area contributed by atoms with E-state index in [1.165, 1.54) is 19.5 Å². The molecule has 1 unspecified atom stereocenters. The molecule has 2 nitrogen and oxygen atoms in total. The van der Waals surface area contributed by atoms with Crippen molar-refractivity contribution in [2.24, 2.45) is 5.92 Å². The smallest absolute Gasteiger partial charge is 0.0424 e. The van der Waals surface area contributed by atoms with Crippen molar-refractivity contribution in [1.29, 1.82) is 0 Å². The lowest BCUT2D eigenvalue weighted by Gasteiger charge is -2.20. The van der Waals surface area contributed by atoms with Crippen LogP contribution < -0.4 is 5.32 Å². The first-order valence-electron chi connectivity index (χ1n) is 6.94. The molecule has 0 amide bonds. The highest BCUT2D eigenvalue weighted by Gasteiger charge is 2.23. The van der Waals surface area contributed by atoms with Gasteiger partial charge in [0.15, 0.2) is 0 Å². The van der Waals surface area contributed by atoms with Crippen molar-refractivity contribution in [3.8, 4) is 0 Å². The largest absolute Gasteiger partial charge is 0.312 e. The van der Waals surface area contributed by atoms with Crippen molar-refractivity contribution in [2.75, 3.05) is 19.6 Å². The molecular formula is C15H22Cl2N2. The van der Waals surface area contributed by atoms with Crippen molar-refractivity contribution in [3.05, 3.63) is 33.8 Å². The first-order valence-corrected chi connectivity index (χ1v) is 7.70. The minimum atomic E-state index is 0.664. The molecule has 0 aromatic heterocycles. The Morgan fingerprint density at radius 2 is 1.95 bits per heavy atom. The Bertz CT molecular complexity index is 400. The van der Waals surface area contributed by atoms with E-state index < -0.39 is 0 Å². The van der Waals surface area contributed by atoms with Gasteiger partial charge in [0.05, 0.1) is 0 Å². The Labute approximate surface area is 126 Å². The summed E-state index contributed by atoms with van der Waals surface area (Å²) in [6.45, 7) is 8.87. The summed E-state index contributed by atoms with van der Waals surface area (Å²) in [6.07, 6.45) is 1.29. The highest BCUT2D eigenvalue weighted by molar-refractivity contribution is 6.34. The van der Waals surface area contributed by atoms with Gasteiger partial charge in [-0.25, -0.2) is 0 Å². The van der Waals surface area contributed by atoms with Gasteiger partial charge in [-0.05, 0) is 63.0 Å². The number of rotatable bonds is 5. The van der Waals surface area contributed by atoms with E-state index in [1.807, 2.05) is 12.1 Å². The lowest BCUT2D eigenvalue weighted by Crippen LogP contribution is -2.30. The normalized spacial score (nSPS) is 20.4. The first kappa shape index (κ1) is 15.1. The van der Waals surface area contributed by atoms with Crippen LogP contribution in [0.3, 0.4) is 0 Å². The zero-order valence-electron chi connectivity index (χ0n) is 11.6. The van der Waals surface area contributed by atoms with E-state index in [2.05, 4.69) is 24.1 Å². The summed E-state index contributed by atoms with van der Waals surface area (Å²) in [5, 5.41) is 4.92. The maximum atomic E-state index is 5.99. The molecule has 19 heavy (non-hydrogen) atoms. The van der Waals surface area contributed by atoms with Crippen LogP contribution in [0.1, 0.15) is 25.8 Å². The fourth-order valence-corrected chi connectivity index (χ4v) is 3.20. The Morgan fingerprint density at radius 3 is 2.53 bits per heavy atom. The van der Waals surface area contributed by atoms with Gasteiger partial charge in [-0.1, -0.05) is 23.2 Å². The Morgan fingerprint density at radius 1 is 1.26 bits per heavy atom. The molecule has 0 saturated carbocycles. The molecule has 0 bridgehead atoms. The SMILES string of the molecule is CC(C)N1CCC(CNCc2cc(Cl)cc(Cl)c2)C1. The number of nitrogens with one attached hydrogen (secondary N) is 1. The van der Waals surface area contributed by atoms with E-state index in [0.717, 1.165) is 24.6 Å². The number of likely N-dealkylation sites (tertiary alicyclic amines) is 1. The van der Waals surface area contributed by atoms with Gasteiger partial charge in [-0.15, -0.1) is 0 Å². The standard InChI is InChI=1S/C15H22Cl2N2/c1-11(2)19-4-3-12(10-19)8-18-9-13-5-14(16)7-15(17)6-13/h5-7,11-12,18H,3-4,8-10H2,1-2H3. The van der Waals surface area contributed by atoms with E-state index >= 15 is 0 Å². The lowest BCUT2D eigenvalue weighted by molar-refractivity contribution is 0.264. The summed E-state index contributed by atoms with van der Waals surface area (Å²) in [7, 11) is 0. The molecule has 1 aliphatic heterocycles. The number of halogens is 2. The monoisotopic (exact) mass is 300 g/mol. The Balaban J connectivity index is 1.75. The van der Waals surface area contributed by atoms with Gasteiger partial charge < -0.3 is 10.2 Å². The fourth-order valence-electron chi connectivity index (χ4n) is 2.63. The number of hydrogen-bond acceptors (Lipinski definition) is 2. The van der Waals surface area contributed by atoms with Gasteiger partial charge in [0.1, 0.15) is 0 Å². The molecule has 0 radical (unpaired) electrons. The molecule has 1 heterocycles. The molecule has 1 atom stereocenters. The second kappa shape index (κ2) is 6.94. The second-order valence-electron chi connectivity index (χ2n) is 5.65. The third-order valence-corrected chi connectivity index (χ3v) is 4.17. The predicted molar refractivity (Wildman–Crippen MR) is 83.0 cm³/mol. The highest BCUT2D eigenvalue weighted by atomic mass is 35.5. The molecule has 0 aliphatic carbocycles. The van der Waals surface area contributed by atoms with E-state index in [-0.39, 0.29) is 0 Å². The molecule has 0 spiro atoms. The minimum absolute atomic E-state index is 0.664. The van der Waals surface area contributed by atoms with Gasteiger partial charge in [0.2, 0.25) is 0 Å². The third kappa shape index (κ3) is 4.64. The Hall–Kier alpha value is -0.280. The fraction of sp³-hybridized carbons (Fsp3) is 0.600. The number of nitrogens with zero attached hydrogens (tertiary/aromatic N) is 1. The molecule has 1 saturated heterocycles. The maximum absolute atomic E-state index is 5.99. The third-order valence-electron chi connectivity index (χ3n) is 3.73. The summed E-state index contributed by atoms with van der Waals surface area (Å²) in [6, 6.07) is 6.37. The van der Waals surface area contributed by atoms with Gasteiger partial charge in [0.25, 0.3) is 0 Å². The van der Waals surface area contributed by atoms with Crippen LogP contribution in [0.25, 0.3) is 0 Å². The summed E-state index contributed by atoms with van der Waals surface area (Å²) in [4.78, 5) is 2.54. The first-order chi connectivity index (χ1) is 9.04. The summed E-state index contributed by atoms with van der Waals surface area (Å²) in [5.41, 5.74) is 1.15. The van der Waals surface area contributed by atoms with Crippen LogP contribution in [0.15, 0.2) is 18.2 Å². The minimum Gasteiger partial charge on any atom is -0.312 e. The topological polar surface area (TPSA) is 15.3 Å². The molecule has 1 N–H and O–H groups in total. The molecule has 2 rings (SSSR count). The second-order valence-corrected chi connectivity index (χ2v) is 6.52. The summed E-state index contributed by atoms with van der Waals surface area (Å²) < 4.78 is 0.